The van der Waals surface area contributed by atoms with E-state index in [1.807, 2.05) is 13.8 Å². The molecule has 1 saturated heterocycles. The normalized spacial score (nSPS) is 23.1. The molecule has 0 aliphatic carbocycles. The van der Waals surface area contributed by atoms with Crippen molar-refractivity contribution < 1.29 is 19.4 Å². The highest BCUT2D eigenvalue weighted by Gasteiger charge is 2.41. The molecule has 15 heavy (non-hydrogen) atoms. The molecule has 1 N–H and O–H groups in total. The van der Waals surface area contributed by atoms with Crippen LogP contribution < -0.4 is 0 Å². The number of nitrogens with zero attached hydrogens (tertiary/aromatic N) is 1. The fraction of sp³-hybridized carbons (Fsp3) is 0.778. The molecule has 0 radical (unpaired) electrons. The molecule has 1 aliphatic rings. The Kier molecular flexibility index (Phi) is 4.10. The quantitative estimate of drug-likeness (QED) is 0.774. The molecular weight excluding hydrogens is 266 g/mol. The molecular formula is C9H14BrNO4. The van der Waals surface area contributed by atoms with Gasteiger partial charge in [0.15, 0.2) is 0 Å². The molecule has 1 aliphatic heterocycles. The van der Waals surface area contributed by atoms with Crippen LogP contribution in [0.2, 0.25) is 0 Å². The summed E-state index contributed by atoms with van der Waals surface area (Å²) in [5.41, 5.74) is 0. The van der Waals surface area contributed by atoms with E-state index in [0.29, 0.717) is 0 Å². The molecule has 2 amide bonds. The lowest BCUT2D eigenvalue weighted by molar-refractivity contribution is -0.129. The highest BCUT2D eigenvalue weighted by atomic mass is 79.9. The predicted octanol–water partition coefficient (Wildman–Crippen LogP) is 0.746. The van der Waals surface area contributed by atoms with E-state index in [1.165, 1.54) is 0 Å². The largest absolute Gasteiger partial charge is 0.447 e. The second-order valence-electron chi connectivity index (χ2n) is 3.75. The van der Waals surface area contributed by atoms with Gasteiger partial charge in [0.2, 0.25) is 5.91 Å². The number of carbonyl (C=O) groups is 2. The molecule has 0 aromatic rings. The monoisotopic (exact) mass is 279 g/mol. The van der Waals surface area contributed by atoms with E-state index in [-0.39, 0.29) is 25.2 Å². The number of carbonyl (C=O) groups excluding carboxylic acids is 2. The molecule has 0 aromatic carbocycles. The summed E-state index contributed by atoms with van der Waals surface area (Å²) in [5.74, 6) is -0.308. The number of cyclic esters (lactones) is 1. The lowest BCUT2D eigenvalue weighted by Gasteiger charge is -2.23. The summed E-state index contributed by atoms with van der Waals surface area (Å²) in [6.45, 7) is 3.71. The zero-order valence-electron chi connectivity index (χ0n) is 8.64. The summed E-state index contributed by atoms with van der Waals surface area (Å²) in [7, 11) is 0. The number of alkyl halides is 1. The van der Waals surface area contributed by atoms with Gasteiger partial charge in [-0.2, -0.15) is 0 Å². The first-order chi connectivity index (χ1) is 6.99. The third-order valence-corrected chi connectivity index (χ3v) is 3.02. The Morgan fingerprint density at radius 1 is 1.73 bits per heavy atom. The van der Waals surface area contributed by atoms with Gasteiger partial charge in [0.05, 0.1) is 12.6 Å². The third kappa shape index (κ3) is 2.49. The van der Waals surface area contributed by atoms with Crippen LogP contribution in [0.15, 0.2) is 0 Å². The van der Waals surface area contributed by atoms with Crippen molar-refractivity contribution >= 4 is 27.9 Å². The maximum absolute atomic E-state index is 11.7. The number of amides is 2. The Balaban J connectivity index is 2.80. The van der Waals surface area contributed by atoms with Gasteiger partial charge >= 0.3 is 6.09 Å². The van der Waals surface area contributed by atoms with Gasteiger partial charge in [-0.25, -0.2) is 9.69 Å². The zero-order chi connectivity index (χ0) is 11.6. The first-order valence-corrected chi connectivity index (χ1v) is 5.65. The van der Waals surface area contributed by atoms with E-state index in [1.54, 1.807) is 0 Å². The molecule has 0 unspecified atom stereocenters. The van der Waals surface area contributed by atoms with Gasteiger partial charge in [-0.15, -0.1) is 0 Å². The molecule has 1 heterocycles. The molecule has 6 heteroatoms. The number of halogens is 1. The fourth-order valence-electron chi connectivity index (χ4n) is 1.41. The Hall–Kier alpha value is -0.620. The van der Waals surface area contributed by atoms with Gasteiger partial charge in [0, 0.05) is 0 Å². The number of hydrogen-bond acceptors (Lipinski definition) is 4. The smallest absolute Gasteiger partial charge is 0.417 e. The summed E-state index contributed by atoms with van der Waals surface area (Å²) in [4.78, 5) is 23.4. The van der Waals surface area contributed by atoms with Crippen molar-refractivity contribution in [2.75, 3.05) is 13.2 Å². The number of hydrogen-bond donors (Lipinski definition) is 1. The Morgan fingerprint density at radius 3 is 2.80 bits per heavy atom. The highest BCUT2D eigenvalue weighted by molar-refractivity contribution is 9.10. The predicted molar refractivity (Wildman–Crippen MR) is 56.6 cm³/mol. The summed E-state index contributed by atoms with van der Waals surface area (Å²) in [6.07, 6.45) is -0.628. The molecule has 1 fully saturated rings. The Bertz CT molecular complexity index is 269. The van der Waals surface area contributed by atoms with Gasteiger partial charge in [0.1, 0.15) is 11.4 Å². The lowest BCUT2D eigenvalue weighted by Crippen LogP contribution is -2.46. The minimum absolute atomic E-state index is 0.138. The molecule has 1 rings (SSSR count). The average molecular weight is 280 g/mol. The Morgan fingerprint density at radius 2 is 2.33 bits per heavy atom. The van der Waals surface area contributed by atoms with Gasteiger partial charge in [-0.1, -0.05) is 29.8 Å². The van der Waals surface area contributed by atoms with Crippen LogP contribution in [0.1, 0.15) is 13.8 Å². The van der Waals surface area contributed by atoms with E-state index < -0.39 is 16.8 Å². The van der Waals surface area contributed by atoms with E-state index in [9.17, 15) is 9.59 Å². The van der Waals surface area contributed by atoms with Crippen molar-refractivity contribution in [1.82, 2.24) is 4.90 Å². The van der Waals surface area contributed by atoms with Crippen LogP contribution >= 0.6 is 15.9 Å². The fourth-order valence-corrected chi connectivity index (χ4v) is 1.63. The summed E-state index contributed by atoms with van der Waals surface area (Å²) in [5, 5.41) is 8.83. The van der Waals surface area contributed by atoms with Crippen molar-refractivity contribution in [3.63, 3.8) is 0 Å². The molecule has 2 atom stereocenters. The van der Waals surface area contributed by atoms with Crippen molar-refractivity contribution in [3.05, 3.63) is 0 Å². The molecule has 0 spiro atoms. The maximum Gasteiger partial charge on any atom is 0.417 e. The number of aliphatic hydroxyl groups is 1. The van der Waals surface area contributed by atoms with Gasteiger partial charge in [0.25, 0.3) is 0 Å². The van der Waals surface area contributed by atoms with Crippen LogP contribution in [0.4, 0.5) is 4.79 Å². The minimum Gasteiger partial charge on any atom is -0.447 e. The maximum atomic E-state index is 11.7. The van der Waals surface area contributed by atoms with Crippen LogP contribution in [0, 0.1) is 5.92 Å². The van der Waals surface area contributed by atoms with Gasteiger partial charge in [-0.05, 0) is 5.92 Å². The van der Waals surface area contributed by atoms with Crippen molar-refractivity contribution in [3.8, 4) is 0 Å². The number of ether oxygens (including phenoxy) is 1. The second kappa shape index (κ2) is 4.94. The number of aliphatic hydroxyl groups excluding tert-OH is 1. The Labute approximate surface area is 96.5 Å². The second-order valence-corrected chi connectivity index (χ2v) is 4.85. The average Bonchev–Trinajstić information content (AvgIpc) is 2.58. The van der Waals surface area contributed by atoms with E-state index >= 15 is 0 Å². The van der Waals surface area contributed by atoms with Crippen LogP contribution in [0.5, 0.6) is 0 Å². The standard InChI is InChI=1S/C9H14BrNO4/c1-5(2)7-4-15-9(14)11(7)8(13)6(10)3-12/h5-7,12H,3-4H2,1-2H3/t6-,7-/m1/s1. The van der Waals surface area contributed by atoms with E-state index in [2.05, 4.69) is 15.9 Å². The van der Waals surface area contributed by atoms with Gasteiger partial charge in [-0.3, -0.25) is 4.79 Å². The summed E-state index contributed by atoms with van der Waals surface area (Å²) >= 11 is 3.01. The van der Waals surface area contributed by atoms with E-state index in [4.69, 9.17) is 9.84 Å². The van der Waals surface area contributed by atoms with Crippen molar-refractivity contribution in [2.24, 2.45) is 5.92 Å². The summed E-state index contributed by atoms with van der Waals surface area (Å²) < 4.78 is 4.82. The number of imide groups is 1. The molecule has 0 saturated carbocycles. The van der Waals surface area contributed by atoms with Crippen molar-refractivity contribution in [2.45, 2.75) is 24.7 Å². The van der Waals surface area contributed by atoms with E-state index in [0.717, 1.165) is 4.90 Å². The molecule has 0 aromatic heterocycles. The molecule has 86 valence electrons. The first-order valence-electron chi connectivity index (χ1n) is 4.73. The minimum atomic E-state index is -0.746. The third-order valence-electron chi connectivity index (χ3n) is 2.34. The number of rotatable bonds is 3. The van der Waals surface area contributed by atoms with Crippen molar-refractivity contribution in [1.29, 1.82) is 0 Å². The zero-order valence-corrected chi connectivity index (χ0v) is 10.2. The topological polar surface area (TPSA) is 66.8 Å². The van der Waals surface area contributed by atoms with Crippen LogP contribution in [0.3, 0.4) is 0 Å². The summed E-state index contributed by atoms with van der Waals surface area (Å²) in [6, 6.07) is -0.239. The molecule has 5 nitrogen and oxygen atoms in total. The first kappa shape index (κ1) is 12.4. The lowest BCUT2D eigenvalue weighted by atomic mass is 10.0. The SMILES string of the molecule is CC(C)[C@H]1COC(=O)N1C(=O)[C@H](Br)CO. The molecule has 0 bridgehead atoms. The highest BCUT2D eigenvalue weighted by Crippen LogP contribution is 2.21. The van der Waals surface area contributed by atoms with Crippen LogP contribution in [-0.4, -0.2) is 46.1 Å². The van der Waals surface area contributed by atoms with Crippen LogP contribution in [-0.2, 0) is 9.53 Å². The van der Waals surface area contributed by atoms with Gasteiger partial charge < -0.3 is 9.84 Å². The van der Waals surface area contributed by atoms with Crippen LogP contribution in [0.25, 0.3) is 0 Å².